The molecule has 0 amide bonds. The molecule has 0 aromatic heterocycles. The van der Waals surface area contributed by atoms with Gasteiger partial charge in [0.05, 0.1) is 11.3 Å². The molecule has 2 fully saturated rings. The van der Waals surface area contributed by atoms with E-state index in [0.717, 1.165) is 11.3 Å². The second-order valence-electron chi connectivity index (χ2n) is 14.0. The molecule has 2 aliphatic carbocycles. The Morgan fingerprint density at radius 1 is 0.269 bits per heavy atom. The van der Waals surface area contributed by atoms with Gasteiger partial charge in [-0.25, -0.2) is 0 Å². The normalized spacial score (nSPS) is 15.2. The molecule has 0 spiro atoms. The molecule has 0 aliphatic heterocycles. The fourth-order valence-electron chi connectivity index (χ4n) is 9.07. The summed E-state index contributed by atoms with van der Waals surface area (Å²) in [6.45, 7) is 0. The van der Waals surface area contributed by atoms with Crippen LogP contribution in [0.3, 0.4) is 0 Å². The Balaban J connectivity index is 0.000000194. The van der Waals surface area contributed by atoms with Crippen LogP contribution >= 0.6 is 14.5 Å². The number of rotatable bonds is 8. The van der Waals surface area contributed by atoms with Crippen LogP contribution in [-0.4, -0.2) is 11.3 Å². The van der Waals surface area contributed by atoms with Crippen molar-refractivity contribution >= 4 is 46.4 Å². The van der Waals surface area contributed by atoms with Gasteiger partial charge < -0.3 is 29.4 Å². The lowest BCUT2D eigenvalue weighted by atomic mass is 10.0. The van der Waals surface area contributed by atoms with Crippen LogP contribution in [-0.2, 0) is 0 Å². The van der Waals surface area contributed by atoms with Crippen LogP contribution in [0.4, 0.5) is 0 Å². The molecule has 0 bridgehead atoms. The average molecular weight is 806 g/mol. The first-order chi connectivity index (χ1) is 24.8. The molecule has 52 heavy (non-hydrogen) atoms. The van der Waals surface area contributed by atoms with E-state index >= 15 is 0 Å². The second kappa shape index (κ2) is 19.9. The van der Waals surface area contributed by atoms with E-state index in [9.17, 15) is 0 Å². The molecule has 0 heterocycles. The summed E-state index contributed by atoms with van der Waals surface area (Å²) in [6.07, 6.45) is 13.7. The molecular formula is C48H52BrClP2. The van der Waals surface area contributed by atoms with E-state index in [1.165, 1.54) is 64.2 Å². The Hall–Kier alpha value is -3.05. The van der Waals surface area contributed by atoms with Crippen LogP contribution < -0.4 is 61.2 Å². The first-order valence-corrected chi connectivity index (χ1v) is 22.7. The van der Waals surface area contributed by atoms with Crippen molar-refractivity contribution in [1.82, 2.24) is 0 Å². The molecular weight excluding hydrogens is 754 g/mol. The molecule has 0 saturated heterocycles. The third kappa shape index (κ3) is 8.35. The fourth-order valence-corrected chi connectivity index (χ4v) is 19.5. The zero-order valence-electron chi connectivity index (χ0n) is 30.2. The number of hydrogen-bond acceptors (Lipinski definition) is 0. The van der Waals surface area contributed by atoms with E-state index in [4.69, 9.17) is 0 Å². The molecule has 0 nitrogen and oxygen atoms in total. The highest BCUT2D eigenvalue weighted by Crippen LogP contribution is 2.64. The fraction of sp³-hybridized carbons (Fsp3) is 0.250. The SMILES string of the molecule is [Br-].[Cl-].c1ccc([P+](c2ccccc2)(c2ccccc2)C2CCCCC2)cc1.c1ccc([P+](c2ccccc2)(c2ccccc2)C2CCCCC2)cc1. The molecule has 0 radical (unpaired) electrons. The Bertz CT molecular complexity index is 1510. The van der Waals surface area contributed by atoms with Crippen molar-refractivity contribution in [3.8, 4) is 0 Å². The lowest BCUT2D eigenvalue weighted by molar-refractivity contribution is -0.00100. The number of benzene rings is 6. The quantitative estimate of drug-likeness (QED) is 0.197. The van der Waals surface area contributed by atoms with Gasteiger partial charge in [-0.05, 0) is 124 Å². The predicted molar refractivity (Wildman–Crippen MR) is 224 cm³/mol. The zero-order chi connectivity index (χ0) is 33.9. The highest BCUT2D eigenvalue weighted by Gasteiger charge is 2.53. The Kier molecular flexibility index (Phi) is 15.3. The highest BCUT2D eigenvalue weighted by atomic mass is 79.9. The van der Waals surface area contributed by atoms with Gasteiger partial charge in [-0.2, -0.15) is 0 Å². The summed E-state index contributed by atoms with van der Waals surface area (Å²) in [7, 11) is -3.26. The van der Waals surface area contributed by atoms with E-state index < -0.39 is 14.5 Å². The summed E-state index contributed by atoms with van der Waals surface area (Å²) in [6, 6.07) is 68.1. The maximum Gasteiger partial charge on any atom is 0.115 e. The van der Waals surface area contributed by atoms with Crippen LogP contribution in [0.1, 0.15) is 64.2 Å². The van der Waals surface area contributed by atoms with Crippen LogP contribution in [0.5, 0.6) is 0 Å². The van der Waals surface area contributed by atoms with Gasteiger partial charge in [-0.15, -0.1) is 0 Å². The van der Waals surface area contributed by atoms with E-state index in [-0.39, 0.29) is 29.4 Å². The van der Waals surface area contributed by atoms with Gasteiger partial charge in [-0.1, -0.05) is 122 Å². The maximum atomic E-state index is 2.38. The standard InChI is InChI=1S/2C24H26P.BrH.ClH/c2*1-5-13-21(14-6-1)25(22-15-7-2-8-16-22,23-17-9-3-10-18-23)24-19-11-4-12-20-24;;/h2*1-3,5-10,13-18,24H,4,11-12,19-20H2;2*1H/q2*+1;;/p-2. The van der Waals surface area contributed by atoms with Crippen molar-refractivity contribution in [3.05, 3.63) is 182 Å². The Labute approximate surface area is 331 Å². The molecule has 4 heteroatoms. The minimum absolute atomic E-state index is 0. The first-order valence-electron chi connectivity index (χ1n) is 19.0. The smallest absolute Gasteiger partial charge is 0.115 e. The lowest BCUT2D eigenvalue weighted by Crippen LogP contribution is -3.00. The van der Waals surface area contributed by atoms with Crippen molar-refractivity contribution in [2.45, 2.75) is 75.5 Å². The van der Waals surface area contributed by atoms with Gasteiger partial charge in [0, 0.05) is 0 Å². The predicted octanol–water partition coefficient (Wildman–Crippen LogP) is 4.63. The molecule has 268 valence electrons. The van der Waals surface area contributed by atoms with E-state index in [1.54, 1.807) is 31.8 Å². The topological polar surface area (TPSA) is 0 Å². The van der Waals surface area contributed by atoms with Crippen LogP contribution in [0.25, 0.3) is 0 Å². The lowest BCUT2D eigenvalue weighted by Gasteiger charge is -2.36. The minimum Gasteiger partial charge on any atom is -1.00 e. The summed E-state index contributed by atoms with van der Waals surface area (Å²) in [5.41, 5.74) is 1.52. The monoisotopic (exact) mass is 804 g/mol. The highest BCUT2D eigenvalue weighted by molar-refractivity contribution is 7.96. The van der Waals surface area contributed by atoms with Gasteiger partial charge in [0.25, 0.3) is 0 Å². The molecule has 0 N–H and O–H groups in total. The largest absolute Gasteiger partial charge is 1.00 e. The molecule has 0 atom stereocenters. The van der Waals surface area contributed by atoms with Crippen molar-refractivity contribution < 1.29 is 29.4 Å². The van der Waals surface area contributed by atoms with Gasteiger partial charge in [0.15, 0.2) is 0 Å². The Morgan fingerprint density at radius 3 is 0.615 bits per heavy atom. The van der Waals surface area contributed by atoms with Gasteiger partial charge in [0.2, 0.25) is 0 Å². The molecule has 0 unspecified atom stereocenters. The Morgan fingerprint density at radius 2 is 0.442 bits per heavy atom. The molecule has 8 rings (SSSR count). The summed E-state index contributed by atoms with van der Waals surface area (Å²) in [4.78, 5) is 0. The second-order valence-corrected chi connectivity index (χ2v) is 21.5. The van der Waals surface area contributed by atoms with E-state index in [0.29, 0.717) is 0 Å². The number of halogens is 2. The molecule has 2 saturated carbocycles. The summed E-state index contributed by atoms with van der Waals surface area (Å²) in [5.74, 6) is 0. The van der Waals surface area contributed by atoms with Gasteiger partial charge >= 0.3 is 0 Å². The zero-order valence-corrected chi connectivity index (χ0v) is 34.3. The number of hydrogen-bond donors (Lipinski definition) is 0. The third-order valence-electron chi connectivity index (χ3n) is 11.2. The van der Waals surface area contributed by atoms with Crippen molar-refractivity contribution in [1.29, 1.82) is 0 Å². The van der Waals surface area contributed by atoms with E-state index in [2.05, 4.69) is 182 Å². The van der Waals surface area contributed by atoms with Crippen molar-refractivity contribution in [2.24, 2.45) is 0 Å². The summed E-state index contributed by atoms with van der Waals surface area (Å²) >= 11 is 0. The van der Waals surface area contributed by atoms with Crippen LogP contribution in [0, 0.1) is 0 Å². The molecule has 6 aromatic carbocycles. The summed E-state index contributed by atoms with van der Waals surface area (Å²) in [5, 5.41) is 9.25. The average Bonchev–Trinajstić information content (AvgIpc) is 3.22. The third-order valence-corrected chi connectivity index (χ3v) is 21.1. The maximum absolute atomic E-state index is 2.38. The summed E-state index contributed by atoms with van der Waals surface area (Å²) < 4.78 is 0. The molecule has 6 aromatic rings. The van der Waals surface area contributed by atoms with Crippen molar-refractivity contribution in [3.63, 3.8) is 0 Å². The molecule has 2 aliphatic rings. The first kappa shape index (κ1) is 40.1. The van der Waals surface area contributed by atoms with Gasteiger partial charge in [0.1, 0.15) is 46.4 Å². The van der Waals surface area contributed by atoms with Crippen LogP contribution in [0.15, 0.2) is 182 Å². The minimum atomic E-state index is -1.63. The van der Waals surface area contributed by atoms with E-state index in [1.807, 2.05) is 0 Å². The van der Waals surface area contributed by atoms with Crippen molar-refractivity contribution in [2.75, 3.05) is 0 Å². The van der Waals surface area contributed by atoms with Crippen LogP contribution in [0.2, 0.25) is 0 Å². The van der Waals surface area contributed by atoms with Gasteiger partial charge in [-0.3, -0.25) is 0 Å².